The number of nitrogens with zero attached hydrogens (tertiary/aromatic N) is 3. The van der Waals surface area contributed by atoms with Crippen LogP contribution in [-0.2, 0) is 12.3 Å². The summed E-state index contributed by atoms with van der Waals surface area (Å²) in [5.41, 5.74) is 2.10. The summed E-state index contributed by atoms with van der Waals surface area (Å²) in [7, 11) is 15.9. The highest BCUT2D eigenvalue weighted by Crippen LogP contribution is 2.32. The molecule has 0 unspecified atom stereocenters. The summed E-state index contributed by atoms with van der Waals surface area (Å²) in [6.45, 7) is 0. The maximum absolute atomic E-state index is 13.6. The number of aromatic nitrogens is 3. The first-order valence-electron chi connectivity index (χ1n) is 7.30. The van der Waals surface area contributed by atoms with Gasteiger partial charge in [-0.15, -0.1) is 0 Å². The van der Waals surface area contributed by atoms with E-state index in [4.69, 9.17) is 20.4 Å². The Bertz CT molecular complexity index is 880. The van der Waals surface area contributed by atoms with Crippen molar-refractivity contribution in [1.82, 2.24) is 14.8 Å². The van der Waals surface area contributed by atoms with Crippen molar-refractivity contribution >= 4 is 15.7 Å². The molecule has 2 aromatic heterocycles. The van der Waals surface area contributed by atoms with E-state index in [2.05, 4.69) is 10.1 Å². The highest BCUT2D eigenvalue weighted by molar-refractivity contribution is 6.42. The molecule has 0 saturated heterocycles. The van der Waals surface area contributed by atoms with E-state index in [1.807, 2.05) is 0 Å². The van der Waals surface area contributed by atoms with Gasteiger partial charge in [0.1, 0.15) is 17.3 Å². The molecule has 4 radical (unpaired) electrons. The first kappa shape index (κ1) is 16.3. The van der Waals surface area contributed by atoms with Gasteiger partial charge < -0.3 is 4.74 Å². The molecular weight excluding hydrogens is 303 g/mol. The van der Waals surface area contributed by atoms with Crippen molar-refractivity contribution in [2.45, 2.75) is 5.21 Å². The van der Waals surface area contributed by atoms with Gasteiger partial charge in [-0.25, -0.2) is 9.37 Å². The van der Waals surface area contributed by atoms with Crippen molar-refractivity contribution < 1.29 is 9.13 Å². The van der Waals surface area contributed by atoms with Gasteiger partial charge in [0, 0.05) is 24.5 Å². The largest absolute Gasteiger partial charge is 0.494 e. The van der Waals surface area contributed by atoms with E-state index in [-0.39, 0.29) is 5.82 Å². The molecule has 3 aromatic rings. The average Bonchev–Trinajstić information content (AvgIpc) is 3.01. The molecule has 0 bridgehead atoms. The summed E-state index contributed by atoms with van der Waals surface area (Å²) >= 11 is 0. The Morgan fingerprint density at radius 3 is 2.62 bits per heavy atom. The van der Waals surface area contributed by atoms with Crippen LogP contribution in [0, 0.1) is 5.82 Å². The molecule has 0 amide bonds. The van der Waals surface area contributed by atoms with Gasteiger partial charge in [-0.05, 0) is 35.0 Å². The predicted octanol–water partition coefficient (Wildman–Crippen LogP) is 2.17. The summed E-state index contributed by atoms with van der Waals surface area (Å²) in [4.78, 5) is 4.53. The second-order valence-electron chi connectivity index (χ2n) is 5.53. The summed E-state index contributed by atoms with van der Waals surface area (Å²) < 4.78 is 20.5. The smallest absolute Gasteiger partial charge is 0.145 e. The van der Waals surface area contributed by atoms with E-state index in [9.17, 15) is 4.39 Å². The van der Waals surface area contributed by atoms with Gasteiger partial charge in [-0.3, -0.25) is 4.68 Å². The van der Waals surface area contributed by atoms with Crippen LogP contribution in [0.3, 0.4) is 0 Å². The van der Waals surface area contributed by atoms with Gasteiger partial charge >= 0.3 is 0 Å². The van der Waals surface area contributed by atoms with Crippen LogP contribution in [0.2, 0.25) is 0 Å². The fraction of sp³-hybridized carbons (Fsp3) is 0.176. The molecule has 0 aliphatic carbocycles. The number of pyridine rings is 1. The van der Waals surface area contributed by atoms with Crippen molar-refractivity contribution in [2.24, 2.45) is 7.05 Å². The van der Waals surface area contributed by atoms with E-state index in [0.29, 0.717) is 28.3 Å². The van der Waals surface area contributed by atoms with Crippen LogP contribution in [0.5, 0.6) is 5.75 Å². The summed E-state index contributed by atoms with van der Waals surface area (Å²) in [5.74, 6) is 0.145. The molecule has 24 heavy (non-hydrogen) atoms. The third-order valence-corrected chi connectivity index (χ3v) is 3.78. The van der Waals surface area contributed by atoms with Gasteiger partial charge in [-0.2, -0.15) is 5.10 Å². The molecule has 2 heterocycles. The fourth-order valence-electron chi connectivity index (χ4n) is 2.47. The molecule has 0 fully saturated rings. The fourth-order valence-corrected chi connectivity index (χ4v) is 2.47. The Balaban J connectivity index is 2.12. The summed E-state index contributed by atoms with van der Waals surface area (Å²) in [6.07, 6.45) is 3.32. The molecule has 0 saturated carbocycles. The van der Waals surface area contributed by atoms with Crippen LogP contribution in [0.25, 0.3) is 11.3 Å². The van der Waals surface area contributed by atoms with Crippen LogP contribution >= 0.6 is 0 Å². The second-order valence-corrected chi connectivity index (χ2v) is 5.53. The monoisotopic (exact) mass is 317 g/mol. The van der Waals surface area contributed by atoms with Crippen LogP contribution in [0.15, 0.2) is 48.8 Å². The third kappa shape index (κ3) is 2.94. The van der Waals surface area contributed by atoms with Crippen LogP contribution in [0.4, 0.5) is 4.39 Å². The number of aryl methyl sites for hydroxylation is 1. The maximum atomic E-state index is 13.6. The number of hydrogen-bond acceptors (Lipinski definition) is 3. The van der Waals surface area contributed by atoms with Crippen molar-refractivity contribution in [3.05, 3.63) is 65.9 Å². The van der Waals surface area contributed by atoms with E-state index in [1.54, 1.807) is 48.4 Å². The number of halogens is 1. The lowest BCUT2D eigenvalue weighted by molar-refractivity contribution is 0.414. The normalized spacial score (nSPS) is 11.5. The van der Waals surface area contributed by atoms with E-state index in [0.717, 1.165) is 0 Å². The standard InChI is InChI=1S/C17H14B2FN3O/c1-23-10-12(9-21-23)17(18,19)15-7-6-14(24-2)16(22-15)11-4-3-5-13(20)8-11/h3-10H,1-2H3. The maximum Gasteiger partial charge on any atom is 0.145 e. The van der Waals surface area contributed by atoms with Crippen molar-refractivity contribution in [3.63, 3.8) is 0 Å². The molecule has 116 valence electrons. The molecule has 1 aromatic carbocycles. The van der Waals surface area contributed by atoms with Gasteiger partial charge in [0.15, 0.2) is 0 Å². The number of methoxy groups -OCH3 is 1. The molecule has 4 nitrogen and oxygen atoms in total. The third-order valence-electron chi connectivity index (χ3n) is 3.78. The van der Waals surface area contributed by atoms with E-state index >= 15 is 0 Å². The zero-order valence-corrected chi connectivity index (χ0v) is 13.4. The van der Waals surface area contributed by atoms with Crippen LogP contribution in [0.1, 0.15) is 11.3 Å². The Morgan fingerprint density at radius 1 is 1.21 bits per heavy atom. The minimum atomic E-state index is -1.33. The van der Waals surface area contributed by atoms with Gasteiger partial charge in [0.2, 0.25) is 0 Å². The van der Waals surface area contributed by atoms with Gasteiger partial charge in [0.25, 0.3) is 0 Å². The minimum Gasteiger partial charge on any atom is -0.494 e. The van der Waals surface area contributed by atoms with Crippen LogP contribution in [-0.4, -0.2) is 37.6 Å². The average molecular weight is 317 g/mol. The topological polar surface area (TPSA) is 39.9 Å². The lowest BCUT2D eigenvalue weighted by Gasteiger charge is -2.25. The highest BCUT2D eigenvalue weighted by atomic mass is 19.1. The lowest BCUT2D eigenvalue weighted by atomic mass is 9.50. The SMILES string of the molecule is [B]C([B])(c1cnn(C)c1)c1ccc(OC)c(-c2cccc(F)c2)n1. The van der Waals surface area contributed by atoms with E-state index in [1.165, 1.54) is 19.2 Å². The van der Waals surface area contributed by atoms with Gasteiger partial charge in [0.05, 0.1) is 29.0 Å². The molecule has 7 heteroatoms. The Hall–Kier alpha value is -2.56. The minimum absolute atomic E-state index is 0.360. The number of benzene rings is 1. The zero-order valence-electron chi connectivity index (χ0n) is 13.4. The first-order valence-corrected chi connectivity index (χ1v) is 7.30. The molecule has 0 atom stereocenters. The second kappa shape index (κ2) is 6.15. The highest BCUT2D eigenvalue weighted by Gasteiger charge is 2.26. The Labute approximate surface area is 142 Å². The van der Waals surface area contributed by atoms with Crippen molar-refractivity contribution in [3.8, 4) is 17.0 Å². The van der Waals surface area contributed by atoms with E-state index < -0.39 is 5.21 Å². The number of ether oxygens (including phenoxy) is 1. The molecule has 0 spiro atoms. The first-order chi connectivity index (χ1) is 11.4. The predicted molar refractivity (Wildman–Crippen MR) is 91.7 cm³/mol. The molecule has 0 N–H and O–H groups in total. The lowest BCUT2D eigenvalue weighted by Crippen LogP contribution is -2.29. The molecule has 0 aliphatic rings. The number of hydrogen-bond donors (Lipinski definition) is 0. The molecule has 3 rings (SSSR count). The quantitative estimate of drug-likeness (QED) is 0.693. The van der Waals surface area contributed by atoms with Crippen molar-refractivity contribution in [1.29, 1.82) is 0 Å². The summed E-state index contributed by atoms with van der Waals surface area (Å²) in [5, 5.41) is 2.76. The number of rotatable bonds is 4. The van der Waals surface area contributed by atoms with Crippen LogP contribution < -0.4 is 4.74 Å². The Morgan fingerprint density at radius 2 is 2.00 bits per heavy atom. The molecule has 0 aliphatic heterocycles. The van der Waals surface area contributed by atoms with Gasteiger partial charge in [-0.1, -0.05) is 12.1 Å². The van der Waals surface area contributed by atoms with Crippen molar-refractivity contribution in [2.75, 3.05) is 7.11 Å². The zero-order chi connectivity index (χ0) is 17.3. The Kier molecular flexibility index (Phi) is 4.18. The summed E-state index contributed by atoms with van der Waals surface area (Å²) in [6, 6.07) is 9.51. The molecular formula is C17H14B2FN3O.